The molecule has 0 saturated heterocycles. The summed E-state index contributed by atoms with van der Waals surface area (Å²) in [5.74, 6) is 0. The number of ether oxygens (including phenoxy) is 2. The van der Waals surface area contributed by atoms with Crippen molar-refractivity contribution in [1.29, 1.82) is 0 Å². The average molecular weight is 158 g/mol. The predicted octanol–water partition coefficient (Wildman–Crippen LogP) is 0.126. The van der Waals surface area contributed by atoms with E-state index in [1.54, 1.807) is 7.11 Å². The monoisotopic (exact) mass is 158 g/mol. The van der Waals surface area contributed by atoms with Crippen LogP contribution < -0.4 is 5.73 Å². The molecule has 0 aromatic carbocycles. The van der Waals surface area contributed by atoms with Crippen molar-refractivity contribution in [2.45, 2.75) is 18.9 Å². The first-order chi connectivity index (χ1) is 5.22. The Labute approximate surface area is 66.4 Å². The summed E-state index contributed by atoms with van der Waals surface area (Å²) in [4.78, 5) is 4.18. The normalized spacial score (nSPS) is 29.8. The largest absolute Gasteiger partial charge is 0.463 e. The average Bonchev–Trinajstić information content (AvgIpc) is 2.34. The van der Waals surface area contributed by atoms with Crippen LogP contribution in [0.2, 0.25) is 0 Å². The summed E-state index contributed by atoms with van der Waals surface area (Å²) in [6.07, 6.45) is 0.890. The number of nitrogens with two attached hydrogens (primary N) is 1. The van der Waals surface area contributed by atoms with Crippen LogP contribution in [0, 0.1) is 0 Å². The summed E-state index contributed by atoms with van der Waals surface area (Å²) < 4.78 is 10.1. The van der Waals surface area contributed by atoms with E-state index in [0.717, 1.165) is 6.42 Å². The van der Waals surface area contributed by atoms with Gasteiger partial charge in [0, 0.05) is 7.11 Å². The lowest BCUT2D eigenvalue weighted by Crippen LogP contribution is -2.32. The Kier molecular flexibility index (Phi) is 2.34. The number of methoxy groups -OCH3 is 1. The Hall–Kier alpha value is -0.770. The van der Waals surface area contributed by atoms with Crippen molar-refractivity contribution >= 4 is 6.02 Å². The molecule has 0 amide bonds. The molecule has 1 aliphatic heterocycles. The van der Waals surface area contributed by atoms with E-state index in [9.17, 15) is 0 Å². The van der Waals surface area contributed by atoms with Crippen LogP contribution in [0.4, 0.5) is 0 Å². The van der Waals surface area contributed by atoms with Gasteiger partial charge in [-0.05, 0) is 6.42 Å². The second-order valence-corrected chi connectivity index (χ2v) is 2.75. The lowest BCUT2D eigenvalue weighted by molar-refractivity contribution is 0.109. The topological polar surface area (TPSA) is 56.8 Å². The van der Waals surface area contributed by atoms with Crippen molar-refractivity contribution in [1.82, 2.24) is 0 Å². The van der Waals surface area contributed by atoms with Crippen molar-refractivity contribution in [3.63, 3.8) is 0 Å². The molecule has 0 radical (unpaired) electrons. The van der Waals surface area contributed by atoms with Gasteiger partial charge in [0.05, 0.1) is 6.61 Å². The summed E-state index contributed by atoms with van der Waals surface area (Å²) in [5, 5.41) is 0. The van der Waals surface area contributed by atoms with Gasteiger partial charge in [0.25, 0.3) is 6.02 Å². The van der Waals surface area contributed by atoms with E-state index in [1.807, 2.05) is 6.92 Å². The molecule has 4 heteroatoms. The van der Waals surface area contributed by atoms with Gasteiger partial charge in [0.2, 0.25) is 0 Å². The molecular formula is C7H14N2O2. The third-order valence-electron chi connectivity index (χ3n) is 1.91. The first-order valence-electron chi connectivity index (χ1n) is 3.69. The summed E-state index contributed by atoms with van der Waals surface area (Å²) in [5.41, 5.74) is 5.17. The van der Waals surface area contributed by atoms with Gasteiger partial charge < -0.3 is 15.2 Å². The fourth-order valence-corrected chi connectivity index (χ4v) is 1.13. The highest BCUT2D eigenvalue weighted by Gasteiger charge is 2.34. The summed E-state index contributed by atoms with van der Waals surface area (Å²) in [7, 11) is 1.65. The third-order valence-corrected chi connectivity index (χ3v) is 1.91. The standard InChI is InChI=1S/C7H14N2O2/c1-3-7(4-10-2)5-11-6(8)9-7/h3-5H2,1-2H3,(H2,8,9). The molecule has 0 bridgehead atoms. The van der Waals surface area contributed by atoms with E-state index < -0.39 is 0 Å². The maximum Gasteiger partial charge on any atom is 0.282 e. The van der Waals surface area contributed by atoms with Crippen LogP contribution in [0.5, 0.6) is 0 Å². The van der Waals surface area contributed by atoms with Crippen molar-refractivity contribution < 1.29 is 9.47 Å². The Morgan fingerprint density at radius 3 is 2.91 bits per heavy atom. The highest BCUT2D eigenvalue weighted by Crippen LogP contribution is 2.21. The van der Waals surface area contributed by atoms with Gasteiger partial charge >= 0.3 is 0 Å². The lowest BCUT2D eigenvalue weighted by Gasteiger charge is -2.20. The number of aliphatic imine (C=N–C) groups is 1. The summed E-state index contributed by atoms with van der Waals surface area (Å²) in [6.45, 7) is 3.16. The van der Waals surface area contributed by atoms with Gasteiger partial charge in [-0.1, -0.05) is 6.92 Å². The van der Waals surface area contributed by atoms with Crippen LogP contribution in [0.1, 0.15) is 13.3 Å². The number of rotatable bonds is 3. The van der Waals surface area contributed by atoms with Gasteiger partial charge in [-0.2, -0.15) is 0 Å². The maximum atomic E-state index is 5.39. The number of hydrogen-bond donors (Lipinski definition) is 1. The molecule has 0 saturated carbocycles. The zero-order chi connectivity index (χ0) is 8.32. The molecular weight excluding hydrogens is 144 g/mol. The highest BCUT2D eigenvalue weighted by atomic mass is 16.5. The van der Waals surface area contributed by atoms with Gasteiger partial charge in [0.15, 0.2) is 0 Å². The predicted molar refractivity (Wildman–Crippen MR) is 42.5 cm³/mol. The molecule has 0 aromatic heterocycles. The van der Waals surface area contributed by atoms with E-state index in [0.29, 0.717) is 13.2 Å². The molecule has 1 heterocycles. The molecule has 2 N–H and O–H groups in total. The SMILES string of the molecule is CCC1(COC)COC(N)=N1. The molecule has 1 atom stereocenters. The number of hydrogen-bond acceptors (Lipinski definition) is 4. The molecule has 1 rings (SSSR count). The smallest absolute Gasteiger partial charge is 0.282 e. The maximum absolute atomic E-state index is 5.39. The summed E-state index contributed by atoms with van der Waals surface area (Å²) in [6, 6.07) is 0.281. The third kappa shape index (κ3) is 1.63. The molecule has 4 nitrogen and oxygen atoms in total. The second-order valence-electron chi connectivity index (χ2n) is 2.75. The first kappa shape index (κ1) is 8.33. The highest BCUT2D eigenvalue weighted by molar-refractivity contribution is 5.73. The van der Waals surface area contributed by atoms with E-state index in [2.05, 4.69) is 4.99 Å². The van der Waals surface area contributed by atoms with Crippen molar-refractivity contribution in [3.05, 3.63) is 0 Å². The van der Waals surface area contributed by atoms with E-state index in [4.69, 9.17) is 15.2 Å². The zero-order valence-electron chi connectivity index (χ0n) is 6.96. The van der Waals surface area contributed by atoms with E-state index >= 15 is 0 Å². The Balaban J connectivity index is 2.62. The molecule has 1 unspecified atom stereocenters. The number of nitrogens with zero attached hydrogens (tertiary/aromatic N) is 1. The van der Waals surface area contributed by atoms with Crippen LogP contribution in [0.25, 0.3) is 0 Å². The fraction of sp³-hybridized carbons (Fsp3) is 0.857. The van der Waals surface area contributed by atoms with Gasteiger partial charge in [-0.3, -0.25) is 0 Å². The van der Waals surface area contributed by atoms with Crippen LogP contribution in [-0.4, -0.2) is 31.9 Å². The lowest BCUT2D eigenvalue weighted by atomic mass is 10.0. The summed E-state index contributed by atoms with van der Waals surface area (Å²) >= 11 is 0. The van der Waals surface area contributed by atoms with Crippen molar-refractivity contribution in [2.75, 3.05) is 20.3 Å². The number of amidine groups is 1. The molecule has 64 valence electrons. The Bertz CT molecular complexity index is 170. The van der Waals surface area contributed by atoms with Gasteiger partial charge in [-0.15, -0.1) is 0 Å². The minimum absolute atomic E-state index is 0.223. The van der Waals surface area contributed by atoms with Crippen LogP contribution in [0.3, 0.4) is 0 Å². The molecule has 11 heavy (non-hydrogen) atoms. The molecule has 0 aromatic rings. The second kappa shape index (κ2) is 3.09. The fourth-order valence-electron chi connectivity index (χ4n) is 1.13. The van der Waals surface area contributed by atoms with Gasteiger partial charge in [-0.25, -0.2) is 4.99 Å². The van der Waals surface area contributed by atoms with E-state index in [1.165, 1.54) is 0 Å². The van der Waals surface area contributed by atoms with Crippen molar-refractivity contribution in [2.24, 2.45) is 10.7 Å². The molecule has 1 aliphatic rings. The zero-order valence-corrected chi connectivity index (χ0v) is 6.96. The van der Waals surface area contributed by atoms with Crippen molar-refractivity contribution in [3.8, 4) is 0 Å². The molecule has 0 aliphatic carbocycles. The van der Waals surface area contributed by atoms with Gasteiger partial charge in [0.1, 0.15) is 12.1 Å². The molecule has 0 spiro atoms. The van der Waals surface area contributed by atoms with E-state index in [-0.39, 0.29) is 11.6 Å². The molecule has 0 fully saturated rings. The Morgan fingerprint density at radius 1 is 1.82 bits per heavy atom. The van der Waals surface area contributed by atoms with Crippen LogP contribution in [0.15, 0.2) is 4.99 Å². The minimum Gasteiger partial charge on any atom is -0.463 e. The first-order valence-corrected chi connectivity index (χ1v) is 3.69. The Morgan fingerprint density at radius 2 is 2.55 bits per heavy atom. The quantitative estimate of drug-likeness (QED) is 0.635. The minimum atomic E-state index is -0.223. The van der Waals surface area contributed by atoms with Crippen LogP contribution >= 0.6 is 0 Å². The van der Waals surface area contributed by atoms with Crippen LogP contribution in [-0.2, 0) is 9.47 Å².